The normalized spacial score (nSPS) is 12.7. The smallest absolute Gasteiger partial charge is 0.0386 e. The summed E-state index contributed by atoms with van der Waals surface area (Å²) in [6, 6.07) is 13.4. The maximum atomic E-state index is 4.21. The van der Waals surface area contributed by atoms with Gasteiger partial charge in [0.1, 0.15) is 0 Å². The van der Waals surface area contributed by atoms with Gasteiger partial charge in [0, 0.05) is 33.6 Å². The number of aromatic nitrogens is 1. The van der Waals surface area contributed by atoms with Crippen molar-refractivity contribution in [3.8, 4) is 10.4 Å². The van der Waals surface area contributed by atoms with Gasteiger partial charge >= 0.3 is 0 Å². The van der Waals surface area contributed by atoms with Crippen LogP contribution in [0.1, 0.15) is 31.2 Å². The largest absolute Gasteiger partial charge is 0.309 e. The number of benzene rings is 1. The minimum absolute atomic E-state index is 0.417. The molecule has 0 saturated heterocycles. The van der Waals surface area contributed by atoms with Crippen LogP contribution in [0.5, 0.6) is 0 Å². The van der Waals surface area contributed by atoms with E-state index in [9.17, 15) is 0 Å². The first kappa shape index (κ1) is 14.2. The SMILES string of the molecule is CCCNC(C)c1ccc(-c2cccc3cnccc23)s1. The molecule has 0 amide bonds. The number of hydrogen-bond acceptors (Lipinski definition) is 3. The topological polar surface area (TPSA) is 24.9 Å². The number of hydrogen-bond donors (Lipinski definition) is 1. The Kier molecular flexibility index (Phi) is 4.32. The van der Waals surface area contributed by atoms with E-state index in [-0.39, 0.29) is 0 Å². The van der Waals surface area contributed by atoms with Crippen molar-refractivity contribution in [2.45, 2.75) is 26.3 Å². The quantitative estimate of drug-likeness (QED) is 0.714. The zero-order chi connectivity index (χ0) is 14.7. The zero-order valence-corrected chi connectivity index (χ0v) is 13.3. The Morgan fingerprint density at radius 1 is 1.19 bits per heavy atom. The molecule has 0 fully saturated rings. The van der Waals surface area contributed by atoms with Crippen molar-refractivity contribution in [1.82, 2.24) is 10.3 Å². The van der Waals surface area contributed by atoms with E-state index >= 15 is 0 Å². The Bertz CT molecular complexity index is 727. The monoisotopic (exact) mass is 296 g/mol. The van der Waals surface area contributed by atoms with E-state index < -0.39 is 0 Å². The van der Waals surface area contributed by atoms with Crippen LogP contribution in [0.25, 0.3) is 21.2 Å². The molecule has 3 rings (SSSR count). The molecule has 2 nitrogen and oxygen atoms in total. The average Bonchev–Trinajstić information content (AvgIpc) is 3.02. The van der Waals surface area contributed by atoms with Crippen LogP contribution in [0, 0.1) is 0 Å². The molecule has 0 aliphatic carbocycles. The lowest BCUT2D eigenvalue weighted by Crippen LogP contribution is -2.18. The van der Waals surface area contributed by atoms with Crippen molar-refractivity contribution < 1.29 is 0 Å². The second kappa shape index (κ2) is 6.37. The summed E-state index contributed by atoms with van der Waals surface area (Å²) in [6.07, 6.45) is 4.96. The molecule has 21 heavy (non-hydrogen) atoms. The molecule has 0 aliphatic heterocycles. The Labute approximate surface area is 129 Å². The number of nitrogens with zero attached hydrogens (tertiary/aromatic N) is 1. The summed E-state index contributed by atoms with van der Waals surface area (Å²) < 4.78 is 0. The van der Waals surface area contributed by atoms with Gasteiger partial charge in [-0.2, -0.15) is 0 Å². The summed E-state index contributed by atoms with van der Waals surface area (Å²) in [5.41, 5.74) is 1.30. The minimum Gasteiger partial charge on any atom is -0.309 e. The third-order valence-corrected chi connectivity index (χ3v) is 5.00. The third-order valence-electron chi connectivity index (χ3n) is 3.70. The molecule has 0 saturated carbocycles. The first-order chi connectivity index (χ1) is 10.3. The van der Waals surface area contributed by atoms with E-state index in [1.165, 1.54) is 32.5 Å². The van der Waals surface area contributed by atoms with Crippen LogP contribution in [-0.2, 0) is 0 Å². The Morgan fingerprint density at radius 3 is 2.95 bits per heavy atom. The second-order valence-corrected chi connectivity index (χ2v) is 6.40. The summed E-state index contributed by atoms with van der Waals surface area (Å²) in [5.74, 6) is 0. The summed E-state index contributed by atoms with van der Waals surface area (Å²) in [4.78, 5) is 6.93. The van der Waals surface area contributed by atoms with Gasteiger partial charge in [0.2, 0.25) is 0 Å². The van der Waals surface area contributed by atoms with Crippen molar-refractivity contribution in [2.75, 3.05) is 6.54 Å². The molecular formula is C18H20N2S. The van der Waals surface area contributed by atoms with Crippen molar-refractivity contribution in [2.24, 2.45) is 0 Å². The van der Waals surface area contributed by atoms with Crippen molar-refractivity contribution in [3.05, 3.63) is 53.7 Å². The van der Waals surface area contributed by atoms with E-state index in [1.807, 2.05) is 23.7 Å². The molecule has 1 unspecified atom stereocenters. The van der Waals surface area contributed by atoms with E-state index in [0.717, 1.165) is 6.54 Å². The van der Waals surface area contributed by atoms with E-state index in [4.69, 9.17) is 0 Å². The third kappa shape index (κ3) is 2.99. The molecule has 0 bridgehead atoms. The Morgan fingerprint density at radius 2 is 2.10 bits per heavy atom. The van der Waals surface area contributed by atoms with Gasteiger partial charge in [-0.25, -0.2) is 0 Å². The molecule has 0 spiro atoms. The van der Waals surface area contributed by atoms with Gasteiger partial charge in [0.15, 0.2) is 0 Å². The molecule has 1 atom stereocenters. The Hall–Kier alpha value is -1.71. The fraction of sp³-hybridized carbons (Fsp3) is 0.278. The lowest BCUT2D eigenvalue weighted by molar-refractivity contribution is 0.578. The molecule has 2 heterocycles. The molecular weight excluding hydrogens is 276 g/mol. The molecule has 1 aromatic carbocycles. The summed E-state index contributed by atoms with van der Waals surface area (Å²) >= 11 is 1.88. The van der Waals surface area contributed by atoms with Crippen LogP contribution in [0.4, 0.5) is 0 Å². The molecule has 3 aromatic rings. The van der Waals surface area contributed by atoms with Gasteiger partial charge in [-0.1, -0.05) is 25.1 Å². The van der Waals surface area contributed by atoms with Gasteiger partial charge in [0.05, 0.1) is 0 Å². The predicted molar refractivity (Wildman–Crippen MR) is 91.8 cm³/mol. The average molecular weight is 296 g/mol. The van der Waals surface area contributed by atoms with Crippen molar-refractivity contribution in [3.63, 3.8) is 0 Å². The molecule has 0 radical (unpaired) electrons. The molecule has 2 aromatic heterocycles. The van der Waals surface area contributed by atoms with Crippen LogP contribution in [-0.4, -0.2) is 11.5 Å². The van der Waals surface area contributed by atoms with Gasteiger partial charge in [0.25, 0.3) is 0 Å². The number of pyridine rings is 1. The van der Waals surface area contributed by atoms with Gasteiger partial charge in [-0.05, 0) is 49.0 Å². The van der Waals surface area contributed by atoms with Crippen LogP contribution in [0.3, 0.4) is 0 Å². The van der Waals surface area contributed by atoms with E-state index in [1.54, 1.807) is 0 Å². The van der Waals surface area contributed by atoms with Crippen LogP contribution in [0.15, 0.2) is 48.8 Å². The summed E-state index contributed by atoms with van der Waals surface area (Å²) in [7, 11) is 0. The van der Waals surface area contributed by atoms with Crippen LogP contribution >= 0.6 is 11.3 Å². The van der Waals surface area contributed by atoms with Gasteiger partial charge < -0.3 is 5.32 Å². The molecule has 108 valence electrons. The highest BCUT2D eigenvalue weighted by atomic mass is 32.1. The van der Waals surface area contributed by atoms with Crippen LogP contribution in [0.2, 0.25) is 0 Å². The summed E-state index contributed by atoms with van der Waals surface area (Å²) in [5, 5.41) is 6.02. The number of rotatable bonds is 5. The van der Waals surface area contributed by atoms with Crippen LogP contribution < -0.4 is 5.32 Å². The van der Waals surface area contributed by atoms with E-state index in [2.05, 4.69) is 60.5 Å². The van der Waals surface area contributed by atoms with Gasteiger partial charge in [-0.15, -0.1) is 11.3 Å². The number of thiophene rings is 1. The lowest BCUT2D eigenvalue weighted by atomic mass is 10.1. The lowest BCUT2D eigenvalue weighted by Gasteiger charge is -2.10. The fourth-order valence-corrected chi connectivity index (χ4v) is 3.60. The van der Waals surface area contributed by atoms with E-state index in [0.29, 0.717) is 6.04 Å². The minimum atomic E-state index is 0.417. The second-order valence-electron chi connectivity index (χ2n) is 5.28. The standard InChI is InChI=1S/C18H20N2S/c1-3-10-20-13(2)17-7-8-18(21-17)16-6-4-5-14-12-19-11-9-15(14)16/h4-9,11-13,20H,3,10H2,1-2H3. The fourth-order valence-electron chi connectivity index (χ4n) is 2.53. The maximum Gasteiger partial charge on any atom is 0.0386 e. The Balaban J connectivity index is 1.95. The predicted octanol–water partition coefficient (Wildman–Crippen LogP) is 5.02. The highest BCUT2D eigenvalue weighted by Gasteiger charge is 2.10. The first-order valence-corrected chi connectivity index (χ1v) is 8.27. The highest BCUT2D eigenvalue weighted by Crippen LogP contribution is 2.35. The molecule has 0 aliphatic rings. The molecule has 1 N–H and O–H groups in total. The van der Waals surface area contributed by atoms with Gasteiger partial charge in [-0.3, -0.25) is 4.98 Å². The first-order valence-electron chi connectivity index (χ1n) is 7.46. The highest BCUT2D eigenvalue weighted by molar-refractivity contribution is 7.15. The van der Waals surface area contributed by atoms with Crippen molar-refractivity contribution in [1.29, 1.82) is 0 Å². The maximum absolute atomic E-state index is 4.21. The zero-order valence-electron chi connectivity index (χ0n) is 12.5. The van der Waals surface area contributed by atoms with Crippen molar-refractivity contribution >= 4 is 22.1 Å². The number of nitrogens with one attached hydrogen (secondary N) is 1. The summed E-state index contributed by atoms with van der Waals surface area (Å²) in [6.45, 7) is 5.50. The molecule has 3 heteroatoms. The number of fused-ring (bicyclic) bond motifs is 1.